The van der Waals surface area contributed by atoms with Crippen LogP contribution in [-0.2, 0) is 10.0 Å². The van der Waals surface area contributed by atoms with Crippen LogP contribution in [-0.4, -0.2) is 23.6 Å². The predicted molar refractivity (Wildman–Crippen MR) is 70.6 cm³/mol. The third-order valence-electron chi connectivity index (χ3n) is 2.54. The van der Waals surface area contributed by atoms with Crippen molar-refractivity contribution in [3.63, 3.8) is 0 Å². The number of nitrogens with one attached hydrogen (secondary N) is 2. The van der Waals surface area contributed by atoms with E-state index in [0.29, 0.717) is 11.5 Å². The topological polar surface area (TPSA) is 140 Å². The molecule has 2 rings (SSSR count). The van der Waals surface area contributed by atoms with Crippen LogP contribution in [0.4, 0.5) is 11.4 Å². The van der Waals surface area contributed by atoms with Crippen LogP contribution in [0.2, 0.25) is 0 Å². The maximum atomic E-state index is 11.2. The summed E-state index contributed by atoms with van der Waals surface area (Å²) in [4.78, 5) is 3.92. The van der Waals surface area contributed by atoms with Crippen LogP contribution >= 0.6 is 0 Å². The summed E-state index contributed by atoms with van der Waals surface area (Å²) in [5, 5.41) is 14.6. The number of anilines is 2. The number of rotatable bonds is 4. The van der Waals surface area contributed by atoms with Gasteiger partial charge in [-0.1, -0.05) is 0 Å². The fourth-order valence-electron chi connectivity index (χ4n) is 1.64. The van der Waals surface area contributed by atoms with Gasteiger partial charge in [0.25, 0.3) is 0 Å². The zero-order valence-electron chi connectivity index (χ0n) is 10.2. The summed E-state index contributed by atoms with van der Waals surface area (Å²) in [6, 6.07) is 4.33. The average molecular weight is 282 g/mol. The molecule has 2 aromatic rings. The molecular weight excluding hydrogens is 268 g/mol. The number of nitrogens with zero attached hydrogens (tertiary/aromatic N) is 2. The molecule has 0 amide bonds. The Labute approximate surface area is 110 Å². The number of nitrogen functional groups attached to an aromatic ring is 1. The van der Waals surface area contributed by atoms with Gasteiger partial charge in [0.1, 0.15) is 17.0 Å². The second-order valence-electron chi connectivity index (χ2n) is 4.03. The number of benzene rings is 1. The van der Waals surface area contributed by atoms with Gasteiger partial charge in [0.2, 0.25) is 10.0 Å². The maximum absolute atomic E-state index is 11.2. The molecule has 8 nitrogen and oxygen atoms in total. The first-order chi connectivity index (χ1) is 8.88. The van der Waals surface area contributed by atoms with Crippen LogP contribution in [0.1, 0.15) is 18.8 Å². The lowest BCUT2D eigenvalue weighted by atomic mass is 10.2. The summed E-state index contributed by atoms with van der Waals surface area (Å²) in [6.45, 7) is 1.88. The molecule has 1 unspecified atom stereocenters. The van der Waals surface area contributed by atoms with Gasteiger partial charge in [0.05, 0.1) is 11.7 Å². The van der Waals surface area contributed by atoms with E-state index in [1.807, 2.05) is 6.92 Å². The quantitative estimate of drug-likeness (QED) is 0.591. The van der Waals surface area contributed by atoms with E-state index in [9.17, 15) is 8.42 Å². The molecule has 0 aliphatic carbocycles. The van der Waals surface area contributed by atoms with Crippen LogP contribution in [0.15, 0.2) is 29.4 Å². The standard InChI is InChI=1S/C10H14N6O2S/c1-6(10-13-5-14-16-10)15-7-2-3-9(8(11)4-7)19(12,17)18/h2-6,15H,11H2,1H3,(H2,12,17,18)(H,13,14,16). The number of nitrogens with two attached hydrogens (primary N) is 2. The predicted octanol–water partition coefficient (Wildman–Crippen LogP) is 0.207. The second-order valence-corrected chi connectivity index (χ2v) is 5.56. The van der Waals surface area contributed by atoms with Crippen molar-refractivity contribution >= 4 is 21.4 Å². The Kier molecular flexibility index (Phi) is 3.40. The van der Waals surface area contributed by atoms with Crippen molar-refractivity contribution in [2.45, 2.75) is 17.9 Å². The van der Waals surface area contributed by atoms with E-state index < -0.39 is 10.0 Å². The minimum Gasteiger partial charge on any atom is -0.398 e. The second kappa shape index (κ2) is 4.86. The molecule has 6 N–H and O–H groups in total. The van der Waals surface area contributed by atoms with Crippen molar-refractivity contribution in [1.29, 1.82) is 0 Å². The third kappa shape index (κ3) is 3.01. The molecule has 0 aliphatic rings. The van der Waals surface area contributed by atoms with Gasteiger partial charge >= 0.3 is 0 Å². The zero-order chi connectivity index (χ0) is 14.0. The van der Waals surface area contributed by atoms with Crippen molar-refractivity contribution < 1.29 is 8.42 Å². The van der Waals surface area contributed by atoms with E-state index >= 15 is 0 Å². The van der Waals surface area contributed by atoms with Gasteiger partial charge in [-0.05, 0) is 25.1 Å². The van der Waals surface area contributed by atoms with Crippen LogP contribution in [0.25, 0.3) is 0 Å². The van der Waals surface area contributed by atoms with Crippen LogP contribution in [0.3, 0.4) is 0 Å². The lowest BCUT2D eigenvalue weighted by Gasteiger charge is -2.13. The molecule has 1 heterocycles. The van der Waals surface area contributed by atoms with Crippen molar-refractivity contribution in [1.82, 2.24) is 15.2 Å². The molecule has 102 valence electrons. The minimum atomic E-state index is -3.80. The van der Waals surface area contributed by atoms with Crippen molar-refractivity contribution in [2.75, 3.05) is 11.1 Å². The normalized spacial score (nSPS) is 13.2. The van der Waals surface area contributed by atoms with Gasteiger partial charge in [-0.15, -0.1) is 0 Å². The maximum Gasteiger partial charge on any atom is 0.240 e. The number of hydrogen-bond donors (Lipinski definition) is 4. The van der Waals surface area contributed by atoms with Gasteiger partial charge in [-0.2, -0.15) is 5.10 Å². The molecule has 9 heteroatoms. The van der Waals surface area contributed by atoms with Crippen molar-refractivity contribution in [3.8, 4) is 0 Å². The molecule has 0 aliphatic heterocycles. The van der Waals surface area contributed by atoms with Crippen LogP contribution < -0.4 is 16.2 Å². The average Bonchev–Trinajstić information content (AvgIpc) is 2.80. The van der Waals surface area contributed by atoms with Crippen molar-refractivity contribution in [2.24, 2.45) is 5.14 Å². The van der Waals surface area contributed by atoms with E-state index in [4.69, 9.17) is 10.9 Å². The number of hydrogen-bond acceptors (Lipinski definition) is 6. The lowest BCUT2D eigenvalue weighted by Crippen LogP contribution is -2.15. The van der Waals surface area contributed by atoms with E-state index in [2.05, 4.69) is 20.5 Å². The summed E-state index contributed by atoms with van der Waals surface area (Å²) >= 11 is 0. The Bertz CT molecular complexity index is 667. The summed E-state index contributed by atoms with van der Waals surface area (Å²) in [5.41, 5.74) is 6.42. The minimum absolute atomic E-state index is 0.0923. The molecule has 0 fully saturated rings. The highest BCUT2D eigenvalue weighted by Gasteiger charge is 2.14. The van der Waals surface area contributed by atoms with Gasteiger partial charge in [-0.3, -0.25) is 5.10 Å². The zero-order valence-corrected chi connectivity index (χ0v) is 11.0. The smallest absolute Gasteiger partial charge is 0.240 e. The summed E-state index contributed by atoms with van der Waals surface area (Å²) in [5.74, 6) is 0.661. The monoisotopic (exact) mass is 282 g/mol. The highest BCUT2D eigenvalue weighted by molar-refractivity contribution is 7.89. The Morgan fingerprint density at radius 2 is 2.16 bits per heavy atom. The fraction of sp³-hybridized carbons (Fsp3) is 0.200. The number of primary sulfonamides is 1. The number of sulfonamides is 1. The molecule has 19 heavy (non-hydrogen) atoms. The van der Waals surface area contributed by atoms with E-state index in [-0.39, 0.29) is 16.6 Å². The Morgan fingerprint density at radius 3 is 2.68 bits per heavy atom. The molecule has 0 saturated heterocycles. The highest BCUT2D eigenvalue weighted by atomic mass is 32.2. The number of aromatic amines is 1. The molecule has 0 spiro atoms. The number of aromatic nitrogens is 3. The highest BCUT2D eigenvalue weighted by Crippen LogP contribution is 2.23. The van der Waals surface area contributed by atoms with Gasteiger partial charge < -0.3 is 11.1 Å². The van der Waals surface area contributed by atoms with Gasteiger partial charge in [0, 0.05) is 5.69 Å². The van der Waals surface area contributed by atoms with E-state index in [1.54, 1.807) is 6.07 Å². The molecule has 1 aromatic carbocycles. The molecule has 0 saturated carbocycles. The molecular formula is C10H14N6O2S. The first kappa shape index (κ1) is 13.3. The van der Waals surface area contributed by atoms with Crippen molar-refractivity contribution in [3.05, 3.63) is 30.4 Å². The van der Waals surface area contributed by atoms with Gasteiger partial charge in [0.15, 0.2) is 0 Å². The Balaban J connectivity index is 2.22. The first-order valence-corrected chi connectivity index (χ1v) is 6.96. The molecule has 1 atom stereocenters. The molecule has 1 aromatic heterocycles. The van der Waals surface area contributed by atoms with E-state index in [0.717, 1.165) is 0 Å². The molecule has 0 bridgehead atoms. The van der Waals surface area contributed by atoms with Crippen LogP contribution in [0.5, 0.6) is 0 Å². The Hall–Kier alpha value is -2.13. The SMILES string of the molecule is CC(Nc1ccc(S(N)(=O)=O)c(N)c1)c1ncn[nH]1. The lowest BCUT2D eigenvalue weighted by molar-refractivity contribution is 0.598. The summed E-state index contributed by atoms with van der Waals surface area (Å²) in [7, 11) is -3.80. The third-order valence-corrected chi connectivity index (χ3v) is 3.53. The largest absolute Gasteiger partial charge is 0.398 e. The molecule has 0 radical (unpaired) electrons. The van der Waals surface area contributed by atoms with Gasteiger partial charge in [-0.25, -0.2) is 18.5 Å². The first-order valence-electron chi connectivity index (χ1n) is 5.42. The Morgan fingerprint density at radius 1 is 1.42 bits per heavy atom. The van der Waals surface area contributed by atoms with Crippen LogP contribution in [0, 0.1) is 0 Å². The fourth-order valence-corrected chi connectivity index (χ4v) is 2.28. The number of H-pyrrole nitrogens is 1. The summed E-state index contributed by atoms with van der Waals surface area (Å²) < 4.78 is 22.5. The van der Waals surface area contributed by atoms with E-state index in [1.165, 1.54) is 18.5 Å². The summed E-state index contributed by atoms with van der Waals surface area (Å²) in [6.07, 6.45) is 1.41.